The Labute approximate surface area is 168 Å². The molecular formula is C21H17F3N4O2. The molecule has 6 nitrogen and oxygen atoms in total. The van der Waals surface area contributed by atoms with Gasteiger partial charge < -0.3 is 9.88 Å². The van der Waals surface area contributed by atoms with Crippen molar-refractivity contribution in [3.63, 3.8) is 0 Å². The van der Waals surface area contributed by atoms with Crippen molar-refractivity contribution < 1.29 is 18.0 Å². The number of hydrogen-bond donors (Lipinski definition) is 2. The van der Waals surface area contributed by atoms with Crippen LogP contribution in [0.4, 0.5) is 13.2 Å². The van der Waals surface area contributed by atoms with E-state index in [1.807, 2.05) is 0 Å². The number of benzene rings is 2. The second kappa shape index (κ2) is 7.33. The molecule has 0 saturated carbocycles. The minimum atomic E-state index is -1.15. The number of nitrogens with one attached hydrogen (secondary N) is 2. The molecular weight excluding hydrogens is 397 g/mol. The molecule has 0 aliphatic rings. The number of H-pyrrole nitrogens is 2. The van der Waals surface area contributed by atoms with Crippen molar-refractivity contribution in [2.45, 2.75) is 19.9 Å². The van der Waals surface area contributed by atoms with Gasteiger partial charge in [0.1, 0.15) is 11.5 Å². The fraction of sp³-hybridized carbons (Fsp3) is 0.190. The Bertz CT molecular complexity index is 1350. The van der Waals surface area contributed by atoms with E-state index < -0.39 is 29.1 Å². The second-order valence-corrected chi connectivity index (χ2v) is 6.93. The molecule has 2 N–H and O–H groups in total. The number of hydrogen-bond acceptors (Lipinski definition) is 3. The summed E-state index contributed by atoms with van der Waals surface area (Å²) in [5, 5.41) is 6.88. The molecule has 0 saturated heterocycles. The minimum absolute atomic E-state index is 0.0599. The molecule has 0 bridgehead atoms. The Kier molecular flexibility index (Phi) is 4.81. The zero-order chi connectivity index (χ0) is 21.6. The molecule has 0 fully saturated rings. The highest BCUT2D eigenvalue weighted by Gasteiger charge is 2.26. The van der Waals surface area contributed by atoms with E-state index in [2.05, 4.69) is 15.2 Å². The van der Waals surface area contributed by atoms with E-state index in [9.17, 15) is 22.8 Å². The molecule has 4 rings (SSSR count). The molecule has 0 radical (unpaired) electrons. The van der Waals surface area contributed by atoms with E-state index >= 15 is 0 Å². The van der Waals surface area contributed by atoms with Gasteiger partial charge in [-0.15, -0.1) is 0 Å². The van der Waals surface area contributed by atoms with Crippen LogP contribution in [0.15, 0.2) is 41.2 Å². The largest absolute Gasteiger partial charge is 0.351 e. The molecule has 0 spiro atoms. The third-order valence-corrected chi connectivity index (χ3v) is 5.14. The second-order valence-electron chi connectivity index (χ2n) is 6.93. The number of carbonyl (C=O) groups is 1. The number of aromatic amines is 2. The third kappa shape index (κ3) is 3.22. The number of fused-ring (bicyclic) bond motifs is 2. The molecule has 2 aromatic heterocycles. The van der Waals surface area contributed by atoms with E-state index in [4.69, 9.17) is 0 Å². The number of halogens is 3. The summed E-state index contributed by atoms with van der Waals surface area (Å²) in [4.78, 5) is 29.6. The van der Waals surface area contributed by atoms with Gasteiger partial charge in [0.05, 0.1) is 17.1 Å². The first-order valence-corrected chi connectivity index (χ1v) is 9.26. The van der Waals surface area contributed by atoms with Crippen LogP contribution in [0.1, 0.15) is 36.1 Å². The normalized spacial score (nSPS) is 12.4. The fourth-order valence-corrected chi connectivity index (χ4v) is 3.61. The van der Waals surface area contributed by atoms with Gasteiger partial charge in [0, 0.05) is 22.8 Å². The molecule has 4 aromatic rings. The summed E-state index contributed by atoms with van der Waals surface area (Å²) in [6.07, 6.45) is 0. The van der Waals surface area contributed by atoms with Gasteiger partial charge in [-0.25, -0.2) is 18.3 Å². The highest BCUT2D eigenvalue weighted by molar-refractivity contribution is 5.98. The zero-order valence-electron chi connectivity index (χ0n) is 16.1. The van der Waals surface area contributed by atoms with Gasteiger partial charge in [-0.3, -0.25) is 9.59 Å². The maximum atomic E-state index is 13.8. The summed E-state index contributed by atoms with van der Waals surface area (Å²) in [6, 6.07) is 6.73. The predicted octanol–water partition coefficient (Wildman–Crippen LogP) is 4.05. The standard InChI is InChI=1S/C21H17F3N4O2/c1-3-28(21(30)18-7-11-6-12(22)4-5-17(11)25-18)10(2)19-13-8-15(23)16(24)9-14(13)20(29)27-26-19/h4-10,25H,3H2,1-2H3,(H,27,29)/t10-/m1/s1. The van der Waals surface area contributed by atoms with Crippen LogP contribution in [-0.2, 0) is 0 Å². The van der Waals surface area contributed by atoms with Crippen LogP contribution in [0.5, 0.6) is 0 Å². The van der Waals surface area contributed by atoms with E-state index in [1.54, 1.807) is 19.9 Å². The first-order valence-electron chi connectivity index (χ1n) is 9.26. The lowest BCUT2D eigenvalue weighted by Crippen LogP contribution is -2.34. The molecule has 2 aromatic carbocycles. The number of carbonyl (C=O) groups excluding carboxylic acids is 1. The van der Waals surface area contributed by atoms with Gasteiger partial charge in [-0.2, -0.15) is 5.10 Å². The van der Waals surface area contributed by atoms with Crippen LogP contribution in [-0.4, -0.2) is 32.5 Å². The van der Waals surface area contributed by atoms with Gasteiger partial charge in [0.25, 0.3) is 11.5 Å². The van der Waals surface area contributed by atoms with E-state index in [0.29, 0.717) is 10.9 Å². The zero-order valence-corrected chi connectivity index (χ0v) is 16.1. The maximum Gasteiger partial charge on any atom is 0.272 e. The van der Waals surface area contributed by atoms with E-state index in [1.165, 1.54) is 23.1 Å². The lowest BCUT2D eigenvalue weighted by atomic mass is 10.0. The Morgan fingerprint density at radius 3 is 2.50 bits per heavy atom. The summed E-state index contributed by atoms with van der Waals surface area (Å²) in [6.45, 7) is 3.70. The van der Waals surface area contributed by atoms with Crippen molar-refractivity contribution in [3.8, 4) is 0 Å². The van der Waals surface area contributed by atoms with Gasteiger partial charge in [0.2, 0.25) is 0 Å². The summed E-state index contributed by atoms with van der Waals surface area (Å²) in [5.74, 6) is -3.06. The number of aromatic nitrogens is 3. The molecule has 0 aliphatic carbocycles. The number of rotatable bonds is 4. The summed E-state index contributed by atoms with van der Waals surface area (Å²) in [7, 11) is 0. The predicted molar refractivity (Wildman–Crippen MR) is 106 cm³/mol. The first-order chi connectivity index (χ1) is 14.3. The summed E-state index contributed by atoms with van der Waals surface area (Å²) >= 11 is 0. The van der Waals surface area contributed by atoms with Crippen LogP contribution in [0, 0.1) is 17.5 Å². The lowest BCUT2D eigenvalue weighted by molar-refractivity contribution is 0.0694. The smallest absolute Gasteiger partial charge is 0.272 e. The SMILES string of the molecule is CCN(C(=O)c1cc2cc(F)ccc2[nH]1)[C@H](C)c1n[nH]c(=O)c2cc(F)c(F)cc12. The molecule has 30 heavy (non-hydrogen) atoms. The molecule has 0 aliphatic heterocycles. The quantitative estimate of drug-likeness (QED) is 0.529. The lowest BCUT2D eigenvalue weighted by Gasteiger charge is -2.27. The monoisotopic (exact) mass is 414 g/mol. The van der Waals surface area contributed by atoms with Crippen molar-refractivity contribution in [1.29, 1.82) is 0 Å². The molecule has 9 heteroatoms. The average molecular weight is 414 g/mol. The van der Waals surface area contributed by atoms with Gasteiger partial charge in [-0.1, -0.05) is 0 Å². The van der Waals surface area contributed by atoms with Gasteiger partial charge >= 0.3 is 0 Å². The van der Waals surface area contributed by atoms with Crippen molar-refractivity contribution in [2.24, 2.45) is 0 Å². The van der Waals surface area contributed by atoms with E-state index in [-0.39, 0.29) is 34.6 Å². The molecule has 0 unspecified atom stereocenters. The van der Waals surface area contributed by atoms with Crippen molar-refractivity contribution >= 4 is 27.6 Å². The van der Waals surface area contributed by atoms with Crippen LogP contribution >= 0.6 is 0 Å². The topological polar surface area (TPSA) is 81.8 Å². The Hall–Kier alpha value is -3.62. The van der Waals surface area contributed by atoms with Gasteiger partial charge in [-0.05, 0) is 50.2 Å². The van der Waals surface area contributed by atoms with Crippen LogP contribution in [0.25, 0.3) is 21.7 Å². The van der Waals surface area contributed by atoms with Crippen molar-refractivity contribution in [1.82, 2.24) is 20.1 Å². The summed E-state index contributed by atoms with van der Waals surface area (Å²) < 4.78 is 40.9. The van der Waals surface area contributed by atoms with Crippen molar-refractivity contribution in [3.05, 3.63) is 75.6 Å². The molecule has 2 heterocycles. The van der Waals surface area contributed by atoms with E-state index in [0.717, 1.165) is 12.1 Å². The third-order valence-electron chi connectivity index (χ3n) is 5.14. The molecule has 1 amide bonds. The van der Waals surface area contributed by atoms with Crippen LogP contribution < -0.4 is 5.56 Å². The Balaban J connectivity index is 1.77. The highest BCUT2D eigenvalue weighted by Crippen LogP contribution is 2.28. The molecule has 1 atom stereocenters. The highest BCUT2D eigenvalue weighted by atomic mass is 19.2. The number of amides is 1. The Morgan fingerprint density at radius 2 is 1.80 bits per heavy atom. The average Bonchev–Trinajstić information content (AvgIpc) is 3.13. The molecule has 154 valence electrons. The fourth-order valence-electron chi connectivity index (χ4n) is 3.61. The van der Waals surface area contributed by atoms with Crippen LogP contribution in [0.2, 0.25) is 0 Å². The Morgan fingerprint density at radius 1 is 1.10 bits per heavy atom. The number of nitrogens with zero attached hydrogens (tertiary/aromatic N) is 2. The van der Waals surface area contributed by atoms with Crippen LogP contribution in [0.3, 0.4) is 0 Å². The minimum Gasteiger partial charge on any atom is -0.351 e. The van der Waals surface area contributed by atoms with Gasteiger partial charge in [0.15, 0.2) is 11.6 Å². The van der Waals surface area contributed by atoms with Crippen molar-refractivity contribution in [2.75, 3.05) is 6.54 Å². The maximum absolute atomic E-state index is 13.8. The first kappa shape index (κ1) is 19.7. The summed E-state index contributed by atoms with van der Waals surface area (Å²) in [5.41, 5.74) is 0.414.